The molecule has 13 unspecified atom stereocenters. The van der Waals surface area contributed by atoms with Crippen LogP contribution in [-0.4, -0.2) is 0 Å². The lowest BCUT2D eigenvalue weighted by Crippen LogP contribution is -1.55. The molecule has 0 aliphatic heterocycles. The molecule has 0 fully saturated rings. The SMILES string of the molecule is [PH]PP(P)P(P(P([PH])P)P(P)P)P(P(P)P)P(P)P. The molecule has 0 rings (SSSR count). The van der Waals surface area contributed by atoms with Crippen LogP contribution in [0.15, 0.2) is 0 Å². The van der Waals surface area contributed by atoms with Gasteiger partial charge in [0.1, 0.15) is 0 Å². The summed E-state index contributed by atoms with van der Waals surface area (Å²) in [4.78, 5) is 0. The standard InChI is InChI=1S/H19P19/c1-11-16(10)19(17(12(2)3)13(4)5)18(14(6)7)15(8)9/h1-2,11H,3-10H2. The van der Waals surface area contributed by atoms with Gasteiger partial charge in [-0.05, 0) is 55.9 Å². The predicted molar refractivity (Wildman–Crippen MR) is 158 cm³/mol. The van der Waals surface area contributed by atoms with Gasteiger partial charge in [0.2, 0.25) is 0 Å². The topological polar surface area (TPSA) is 0 Å². The zero-order chi connectivity index (χ0) is 15.3. The molecular formula is H19P19. The van der Waals surface area contributed by atoms with E-state index in [-0.39, 0.29) is 55.9 Å². The highest BCUT2D eigenvalue weighted by atomic mass is 33.4. The Labute approximate surface area is 152 Å². The Balaban J connectivity index is 5.50. The van der Waals surface area contributed by atoms with Crippen molar-refractivity contribution in [3.8, 4) is 0 Å². The van der Waals surface area contributed by atoms with Crippen molar-refractivity contribution >= 4 is 153 Å². The van der Waals surface area contributed by atoms with Gasteiger partial charge in [0.15, 0.2) is 0 Å². The lowest BCUT2D eigenvalue weighted by atomic mass is 28.6. The smallest absolute Gasteiger partial charge is 0.00221 e. The number of hydrogen-bond donors (Lipinski definition) is 0. The minimum Gasteiger partial charge on any atom is -0.102 e. The van der Waals surface area contributed by atoms with E-state index in [4.69, 9.17) is 0 Å². The van der Waals surface area contributed by atoms with Crippen molar-refractivity contribution in [2.75, 3.05) is 0 Å². The third-order valence-electron chi connectivity index (χ3n) is 1.44. The highest BCUT2D eigenvalue weighted by molar-refractivity contribution is 9.34. The second kappa shape index (κ2) is 15.1. The van der Waals surface area contributed by atoms with Gasteiger partial charge in [0.25, 0.3) is 0 Å². The largest absolute Gasteiger partial charge is 0.102 e. The van der Waals surface area contributed by atoms with Gasteiger partial charge in [-0.25, -0.2) is 0 Å². The Bertz CT molecular complexity index is 188. The van der Waals surface area contributed by atoms with Crippen LogP contribution >= 0.6 is 153 Å². The van der Waals surface area contributed by atoms with Gasteiger partial charge in [-0.2, -0.15) is 0 Å². The average Bonchev–Trinajstić information content (AvgIpc) is 2.24. The first-order valence-corrected chi connectivity index (χ1v) is 37.5. The third-order valence-corrected chi connectivity index (χ3v) is 117. The van der Waals surface area contributed by atoms with Crippen molar-refractivity contribution in [3.63, 3.8) is 0 Å². The molecule has 0 heterocycles. The monoisotopic (exact) mass is 608 g/mol. The third kappa shape index (κ3) is 10.5. The van der Waals surface area contributed by atoms with E-state index < -0.39 is 0 Å². The normalized spacial score (nSPS) is 15.6. The summed E-state index contributed by atoms with van der Waals surface area (Å²) in [6.07, 6.45) is 0. The maximum atomic E-state index is 4.01. The maximum Gasteiger partial charge on any atom is -0.00221 e. The van der Waals surface area contributed by atoms with Gasteiger partial charge in [0, 0.05) is 0 Å². The van der Waals surface area contributed by atoms with Crippen molar-refractivity contribution in [1.82, 2.24) is 0 Å². The van der Waals surface area contributed by atoms with E-state index in [0.29, 0.717) is 0 Å². The second-order valence-electron chi connectivity index (χ2n) is 2.75. The molecule has 0 aromatic rings. The Hall–Kier alpha value is 8.17. The van der Waals surface area contributed by atoms with Crippen LogP contribution in [-0.2, 0) is 0 Å². The van der Waals surface area contributed by atoms with E-state index in [1.807, 2.05) is 0 Å². The van der Waals surface area contributed by atoms with Crippen LogP contribution in [0.1, 0.15) is 0 Å². The molecule has 0 nitrogen and oxygen atoms in total. The van der Waals surface area contributed by atoms with E-state index in [9.17, 15) is 0 Å². The number of hydrogen-bond acceptors (Lipinski definition) is 0. The fourth-order valence-corrected chi connectivity index (χ4v) is 214. The highest BCUT2D eigenvalue weighted by Gasteiger charge is 2.40. The highest BCUT2D eigenvalue weighted by Crippen LogP contribution is 3.28. The molecule has 0 aliphatic rings. The van der Waals surface area contributed by atoms with Gasteiger partial charge in [-0.1, -0.05) is 25.8 Å². The molecule has 0 aromatic heterocycles. The molecule has 0 N–H and O–H groups in total. The van der Waals surface area contributed by atoms with Crippen LogP contribution in [0, 0.1) is 0 Å². The van der Waals surface area contributed by atoms with Crippen LogP contribution in [0.25, 0.3) is 0 Å². The zero-order valence-electron chi connectivity index (χ0n) is 9.70. The van der Waals surface area contributed by atoms with Crippen LogP contribution in [0.2, 0.25) is 0 Å². The lowest BCUT2D eigenvalue weighted by molar-refractivity contribution is 4.51. The Morgan fingerprint density at radius 1 is 0.632 bits per heavy atom. The molecule has 114 valence electrons. The first-order chi connectivity index (χ1) is 8.64. The summed E-state index contributed by atoms with van der Waals surface area (Å²) in [7, 11) is 33.8. The van der Waals surface area contributed by atoms with Crippen molar-refractivity contribution < 1.29 is 0 Å². The van der Waals surface area contributed by atoms with E-state index in [0.717, 1.165) is 7.96 Å². The van der Waals surface area contributed by atoms with Gasteiger partial charge in [0.05, 0.1) is 0 Å². The van der Waals surface area contributed by atoms with Crippen LogP contribution in [0.4, 0.5) is 0 Å². The quantitative estimate of drug-likeness (QED) is 0.241. The summed E-state index contributed by atoms with van der Waals surface area (Å²) < 4.78 is 0. The summed E-state index contributed by atoms with van der Waals surface area (Å²) in [5.74, 6) is 0. The van der Waals surface area contributed by atoms with Crippen molar-refractivity contribution in [3.05, 3.63) is 0 Å². The Morgan fingerprint density at radius 2 is 1.00 bits per heavy atom. The summed E-state index contributed by atoms with van der Waals surface area (Å²) in [6, 6.07) is 0. The van der Waals surface area contributed by atoms with E-state index >= 15 is 0 Å². The molecular weight excluding hydrogens is 589 g/mol. The molecule has 19 heavy (non-hydrogen) atoms. The average molecular weight is 608 g/mol. The molecule has 0 spiro atoms. The van der Waals surface area contributed by atoms with Crippen molar-refractivity contribution in [1.29, 1.82) is 0 Å². The fraction of sp³-hybridized carbons (Fsp3) is 0. The predicted octanol–water partition coefficient (Wildman–Crippen LogP) is 11.3. The van der Waals surface area contributed by atoms with Gasteiger partial charge < -0.3 is 0 Å². The lowest BCUT2D eigenvalue weighted by Gasteiger charge is -2.43. The maximum absolute atomic E-state index is 4.01. The fourth-order valence-electron chi connectivity index (χ4n) is 0.882. The summed E-state index contributed by atoms with van der Waals surface area (Å²) in [5.41, 5.74) is 0. The summed E-state index contributed by atoms with van der Waals surface area (Å²) in [6.45, 7) is 0.415. The zero-order valence-corrected chi connectivity index (χ0v) is 29.1. The van der Waals surface area contributed by atoms with E-state index in [2.05, 4.69) is 89.3 Å². The molecule has 0 amide bonds. The van der Waals surface area contributed by atoms with Crippen molar-refractivity contribution in [2.45, 2.75) is 0 Å². The van der Waals surface area contributed by atoms with Crippen molar-refractivity contribution in [2.24, 2.45) is 0 Å². The number of rotatable bonds is 8. The minimum absolute atomic E-state index is 0.00905. The van der Waals surface area contributed by atoms with Gasteiger partial charge >= 0.3 is 0 Å². The summed E-state index contributed by atoms with van der Waals surface area (Å²) >= 11 is 0. The minimum atomic E-state index is -0.0743. The molecule has 0 saturated carbocycles. The summed E-state index contributed by atoms with van der Waals surface area (Å²) in [5, 5.41) is 0. The molecule has 0 saturated heterocycles. The molecule has 0 aliphatic carbocycles. The second-order valence-corrected chi connectivity index (χ2v) is 74.1. The van der Waals surface area contributed by atoms with Crippen LogP contribution in [0.3, 0.4) is 0 Å². The Kier molecular flexibility index (Phi) is 21.5. The molecule has 19 heteroatoms. The first kappa shape index (κ1) is 27.2. The van der Waals surface area contributed by atoms with E-state index in [1.165, 1.54) is 0 Å². The Morgan fingerprint density at radius 3 is 1.21 bits per heavy atom. The van der Waals surface area contributed by atoms with Crippen LogP contribution < -0.4 is 0 Å². The first-order valence-electron chi connectivity index (χ1n) is 4.16. The molecule has 0 bridgehead atoms. The van der Waals surface area contributed by atoms with Gasteiger partial charge in [-0.15, -0.1) is 71.4 Å². The molecule has 2 radical (unpaired) electrons. The van der Waals surface area contributed by atoms with Crippen LogP contribution in [0.5, 0.6) is 0 Å². The van der Waals surface area contributed by atoms with E-state index in [1.54, 1.807) is 0 Å². The molecule has 0 aromatic carbocycles. The molecule has 13 atom stereocenters. The van der Waals surface area contributed by atoms with Gasteiger partial charge in [-0.3, -0.25) is 0 Å².